The van der Waals surface area contributed by atoms with Crippen LogP contribution in [0.5, 0.6) is 0 Å². The fraction of sp³-hybridized carbons (Fsp3) is 0.0833. The molecule has 2 rings (SSSR count). The van der Waals surface area contributed by atoms with E-state index in [-0.39, 0.29) is 15.5 Å². The van der Waals surface area contributed by atoms with Crippen molar-refractivity contribution in [1.82, 2.24) is 10.9 Å². The second-order valence-electron chi connectivity index (χ2n) is 3.99. The number of anilines is 1. The van der Waals surface area contributed by atoms with Gasteiger partial charge in [0.15, 0.2) is 0 Å². The standard InChI is InChI=1S/C12H9Cl2N3O3S2/c1-5(18)16-17-11(20)6-2-3-21-12(6)15-10(19)7-4-8(13)22-9(7)14/h2-4H,1H3,(H,15,19)(H,16,18)(H,17,20). The van der Waals surface area contributed by atoms with E-state index in [0.717, 1.165) is 11.3 Å². The van der Waals surface area contributed by atoms with Crippen molar-refractivity contribution in [3.05, 3.63) is 37.3 Å². The Labute approximate surface area is 143 Å². The van der Waals surface area contributed by atoms with Gasteiger partial charge in [0, 0.05) is 6.92 Å². The Kier molecular flexibility index (Phi) is 5.41. The predicted octanol–water partition coefficient (Wildman–Crippen LogP) is 3.15. The van der Waals surface area contributed by atoms with Crippen molar-refractivity contribution in [2.75, 3.05) is 5.32 Å². The molecule has 2 aromatic heterocycles. The van der Waals surface area contributed by atoms with Crippen molar-refractivity contribution >= 4 is 68.6 Å². The Hall–Kier alpha value is -1.61. The molecule has 3 amide bonds. The molecule has 116 valence electrons. The molecule has 0 atom stereocenters. The van der Waals surface area contributed by atoms with Crippen molar-refractivity contribution in [2.24, 2.45) is 0 Å². The minimum Gasteiger partial charge on any atom is -0.313 e. The lowest BCUT2D eigenvalue weighted by molar-refractivity contribution is -0.119. The largest absolute Gasteiger partial charge is 0.313 e. The van der Waals surface area contributed by atoms with Gasteiger partial charge in [-0.3, -0.25) is 25.2 Å². The molecule has 0 bridgehead atoms. The third-order valence-corrected chi connectivity index (χ3v) is 4.71. The van der Waals surface area contributed by atoms with Crippen LogP contribution >= 0.6 is 45.9 Å². The van der Waals surface area contributed by atoms with Crippen LogP contribution < -0.4 is 16.2 Å². The van der Waals surface area contributed by atoms with E-state index in [1.165, 1.54) is 30.4 Å². The number of nitrogens with one attached hydrogen (secondary N) is 3. The van der Waals surface area contributed by atoms with E-state index in [2.05, 4.69) is 16.2 Å². The normalized spacial score (nSPS) is 10.1. The highest BCUT2D eigenvalue weighted by atomic mass is 35.5. The highest BCUT2D eigenvalue weighted by molar-refractivity contribution is 7.20. The Bertz CT molecular complexity index is 742. The molecule has 0 spiro atoms. The third-order valence-electron chi connectivity index (χ3n) is 2.39. The SMILES string of the molecule is CC(=O)NNC(=O)c1ccsc1NC(=O)c1cc(Cl)sc1Cl. The second-order valence-corrected chi connectivity index (χ2v) is 7.19. The molecule has 2 heterocycles. The Morgan fingerprint density at radius 3 is 2.41 bits per heavy atom. The van der Waals surface area contributed by atoms with Gasteiger partial charge in [-0.2, -0.15) is 0 Å². The number of hydrazine groups is 1. The lowest BCUT2D eigenvalue weighted by Gasteiger charge is -2.07. The topological polar surface area (TPSA) is 87.3 Å². The molecule has 10 heteroatoms. The summed E-state index contributed by atoms with van der Waals surface area (Å²) >= 11 is 14.0. The van der Waals surface area contributed by atoms with E-state index in [9.17, 15) is 14.4 Å². The molecule has 22 heavy (non-hydrogen) atoms. The summed E-state index contributed by atoms with van der Waals surface area (Å²) in [5.41, 5.74) is 4.86. The quantitative estimate of drug-likeness (QED) is 0.717. The minimum atomic E-state index is -0.541. The van der Waals surface area contributed by atoms with E-state index < -0.39 is 17.7 Å². The summed E-state index contributed by atoms with van der Waals surface area (Å²) in [5, 5.41) is 4.58. The number of carbonyl (C=O) groups is 3. The number of rotatable bonds is 3. The molecule has 0 saturated heterocycles. The molecule has 0 fully saturated rings. The molecule has 0 aliphatic carbocycles. The van der Waals surface area contributed by atoms with Crippen LogP contribution in [0.2, 0.25) is 8.67 Å². The first-order valence-electron chi connectivity index (χ1n) is 5.79. The summed E-state index contributed by atoms with van der Waals surface area (Å²) in [4.78, 5) is 34.8. The van der Waals surface area contributed by atoms with E-state index in [0.29, 0.717) is 9.34 Å². The van der Waals surface area contributed by atoms with E-state index in [1.54, 1.807) is 5.38 Å². The van der Waals surface area contributed by atoms with Gasteiger partial charge in [0.2, 0.25) is 5.91 Å². The molecule has 0 aliphatic rings. The van der Waals surface area contributed by atoms with Gasteiger partial charge in [-0.15, -0.1) is 22.7 Å². The van der Waals surface area contributed by atoms with Crippen molar-refractivity contribution < 1.29 is 14.4 Å². The number of hydrogen-bond acceptors (Lipinski definition) is 5. The van der Waals surface area contributed by atoms with Gasteiger partial charge in [-0.1, -0.05) is 23.2 Å². The maximum atomic E-state index is 12.1. The summed E-state index contributed by atoms with van der Waals surface area (Å²) in [6.07, 6.45) is 0. The Morgan fingerprint density at radius 2 is 1.82 bits per heavy atom. The smallest absolute Gasteiger partial charge is 0.272 e. The Morgan fingerprint density at radius 1 is 1.09 bits per heavy atom. The molecular formula is C12H9Cl2N3O3S2. The van der Waals surface area contributed by atoms with Gasteiger partial charge >= 0.3 is 0 Å². The van der Waals surface area contributed by atoms with E-state index in [4.69, 9.17) is 23.2 Å². The summed E-state index contributed by atoms with van der Waals surface area (Å²) < 4.78 is 0.660. The number of hydrogen-bond donors (Lipinski definition) is 3. The fourth-order valence-electron chi connectivity index (χ4n) is 1.46. The van der Waals surface area contributed by atoms with Crippen LogP contribution in [0.25, 0.3) is 0 Å². The van der Waals surface area contributed by atoms with Crippen LogP contribution in [0.3, 0.4) is 0 Å². The lowest BCUT2D eigenvalue weighted by atomic mass is 10.3. The number of halogens is 2. The minimum absolute atomic E-state index is 0.226. The molecule has 0 unspecified atom stereocenters. The van der Waals surface area contributed by atoms with Crippen LogP contribution in [-0.4, -0.2) is 17.7 Å². The van der Waals surface area contributed by atoms with Crippen molar-refractivity contribution in [2.45, 2.75) is 6.92 Å². The first-order valence-corrected chi connectivity index (χ1v) is 8.24. The summed E-state index contributed by atoms with van der Waals surface area (Å²) in [7, 11) is 0. The van der Waals surface area contributed by atoms with Crippen molar-refractivity contribution in [1.29, 1.82) is 0 Å². The molecule has 3 N–H and O–H groups in total. The molecule has 0 radical (unpaired) electrons. The fourth-order valence-corrected chi connectivity index (χ4v) is 3.70. The van der Waals surface area contributed by atoms with Crippen molar-refractivity contribution in [3.63, 3.8) is 0 Å². The van der Waals surface area contributed by atoms with Gasteiger partial charge < -0.3 is 5.32 Å². The zero-order valence-corrected chi connectivity index (χ0v) is 14.2. The van der Waals surface area contributed by atoms with Crippen LogP contribution in [-0.2, 0) is 4.79 Å². The van der Waals surface area contributed by atoms with E-state index in [1.807, 2.05) is 0 Å². The first kappa shape index (κ1) is 16.8. The lowest BCUT2D eigenvalue weighted by Crippen LogP contribution is -2.40. The highest BCUT2D eigenvalue weighted by Crippen LogP contribution is 2.32. The maximum absolute atomic E-state index is 12.1. The molecule has 0 aromatic carbocycles. The highest BCUT2D eigenvalue weighted by Gasteiger charge is 2.19. The summed E-state index contributed by atoms with van der Waals surface area (Å²) in [6, 6.07) is 2.98. The zero-order valence-electron chi connectivity index (χ0n) is 11.0. The first-order chi connectivity index (χ1) is 10.4. The molecule has 2 aromatic rings. The van der Waals surface area contributed by atoms with Crippen LogP contribution in [0.15, 0.2) is 17.5 Å². The molecule has 0 saturated carbocycles. The molecule has 0 aliphatic heterocycles. The predicted molar refractivity (Wildman–Crippen MR) is 87.9 cm³/mol. The molecule has 6 nitrogen and oxygen atoms in total. The zero-order chi connectivity index (χ0) is 16.3. The van der Waals surface area contributed by atoms with E-state index >= 15 is 0 Å². The van der Waals surface area contributed by atoms with Crippen molar-refractivity contribution in [3.8, 4) is 0 Å². The number of amides is 3. The average Bonchev–Trinajstić information content (AvgIpc) is 3.02. The number of thiophene rings is 2. The van der Waals surface area contributed by atoms with Crippen LogP contribution in [0.4, 0.5) is 5.00 Å². The second kappa shape index (κ2) is 7.10. The monoisotopic (exact) mass is 377 g/mol. The van der Waals surface area contributed by atoms with Gasteiger partial charge in [-0.25, -0.2) is 0 Å². The summed E-state index contributed by atoms with van der Waals surface area (Å²) in [6.45, 7) is 1.26. The molecular weight excluding hydrogens is 369 g/mol. The third kappa shape index (κ3) is 3.98. The van der Waals surface area contributed by atoms with Crippen LogP contribution in [0.1, 0.15) is 27.6 Å². The average molecular weight is 378 g/mol. The number of carbonyl (C=O) groups excluding carboxylic acids is 3. The van der Waals surface area contributed by atoms with Gasteiger partial charge in [0.25, 0.3) is 11.8 Å². The summed E-state index contributed by atoms with van der Waals surface area (Å²) in [5.74, 6) is -1.42. The van der Waals surface area contributed by atoms with Gasteiger partial charge in [-0.05, 0) is 17.5 Å². The van der Waals surface area contributed by atoms with Gasteiger partial charge in [0.1, 0.15) is 9.34 Å². The maximum Gasteiger partial charge on any atom is 0.272 e. The van der Waals surface area contributed by atoms with Gasteiger partial charge in [0.05, 0.1) is 15.5 Å². The van der Waals surface area contributed by atoms with Crippen LogP contribution in [0, 0.1) is 0 Å². The Balaban J connectivity index is 2.12.